The minimum Gasteiger partial charge on any atom is -0.244 e. The Bertz CT molecular complexity index is 750. The van der Waals surface area contributed by atoms with Crippen LogP contribution in [0.3, 0.4) is 0 Å². The second-order valence-corrected chi connectivity index (χ2v) is 5.06. The molecule has 0 aliphatic heterocycles. The molecular weight excluding hydrogens is 272 g/mol. The number of aromatic nitrogens is 4. The predicted molar refractivity (Wildman–Crippen MR) is 79.1 cm³/mol. The first kappa shape index (κ1) is 12.8. The van der Waals surface area contributed by atoms with E-state index >= 15 is 0 Å². The van der Waals surface area contributed by atoms with Gasteiger partial charge in [0.1, 0.15) is 6.33 Å². The molecule has 5 heteroatoms. The molecule has 20 heavy (non-hydrogen) atoms. The van der Waals surface area contributed by atoms with Crippen LogP contribution in [0.15, 0.2) is 43.0 Å². The van der Waals surface area contributed by atoms with Crippen molar-refractivity contribution in [3.63, 3.8) is 0 Å². The lowest BCUT2D eigenvalue weighted by atomic mass is 10.1. The Labute approximate surface area is 122 Å². The summed E-state index contributed by atoms with van der Waals surface area (Å²) >= 11 is 6.14. The zero-order valence-corrected chi connectivity index (χ0v) is 12.0. The molecule has 0 radical (unpaired) electrons. The van der Waals surface area contributed by atoms with Crippen molar-refractivity contribution in [3.05, 3.63) is 59.4 Å². The molecule has 0 aliphatic rings. The fourth-order valence-electron chi connectivity index (χ4n) is 2.24. The van der Waals surface area contributed by atoms with Gasteiger partial charge in [0.2, 0.25) is 0 Å². The van der Waals surface area contributed by atoms with Crippen LogP contribution < -0.4 is 0 Å². The molecule has 0 saturated carbocycles. The molecule has 0 spiro atoms. The number of halogens is 1. The lowest BCUT2D eigenvalue weighted by Crippen LogP contribution is -2.02. The summed E-state index contributed by atoms with van der Waals surface area (Å²) in [6, 6.07) is 7.77. The minimum atomic E-state index is 0.674. The second-order valence-electron chi connectivity index (χ2n) is 4.63. The highest BCUT2D eigenvalue weighted by molar-refractivity contribution is 6.30. The molecule has 3 aromatic rings. The van der Waals surface area contributed by atoms with Crippen molar-refractivity contribution in [1.29, 1.82) is 0 Å². The van der Waals surface area contributed by atoms with E-state index in [9.17, 15) is 0 Å². The van der Waals surface area contributed by atoms with E-state index in [4.69, 9.17) is 11.6 Å². The van der Waals surface area contributed by atoms with Crippen molar-refractivity contribution in [3.8, 4) is 16.8 Å². The summed E-state index contributed by atoms with van der Waals surface area (Å²) in [5.41, 5.74) is 4.89. The number of aryl methyl sites for hydroxylation is 2. The molecule has 1 aromatic carbocycles. The van der Waals surface area contributed by atoms with Gasteiger partial charge in [0.25, 0.3) is 0 Å². The first-order valence-electron chi connectivity index (χ1n) is 6.24. The number of hydrogen-bond donors (Lipinski definition) is 0. The van der Waals surface area contributed by atoms with Gasteiger partial charge in [0.15, 0.2) is 0 Å². The minimum absolute atomic E-state index is 0.674. The van der Waals surface area contributed by atoms with Gasteiger partial charge in [-0.1, -0.05) is 17.7 Å². The molecule has 0 unspecified atom stereocenters. The summed E-state index contributed by atoms with van der Waals surface area (Å²) in [7, 11) is 0. The maximum Gasteiger partial charge on any atom is 0.115 e. The molecule has 0 aliphatic carbocycles. The Hall–Kier alpha value is -2.20. The predicted octanol–water partition coefficient (Wildman–Crippen LogP) is 3.60. The normalized spacial score (nSPS) is 10.8. The van der Waals surface area contributed by atoms with Crippen LogP contribution in [0.25, 0.3) is 16.8 Å². The van der Waals surface area contributed by atoms with E-state index in [0.717, 1.165) is 28.2 Å². The quantitative estimate of drug-likeness (QED) is 0.722. The molecule has 0 saturated heterocycles. The summed E-state index contributed by atoms with van der Waals surface area (Å²) < 4.78 is 1.89. The first-order chi connectivity index (χ1) is 9.65. The lowest BCUT2D eigenvalue weighted by molar-refractivity contribution is 0.835. The molecule has 0 bridgehead atoms. The van der Waals surface area contributed by atoms with Crippen molar-refractivity contribution in [2.24, 2.45) is 0 Å². The van der Waals surface area contributed by atoms with Crippen LogP contribution >= 0.6 is 11.6 Å². The van der Waals surface area contributed by atoms with Crippen molar-refractivity contribution >= 4 is 11.6 Å². The van der Waals surface area contributed by atoms with Crippen molar-refractivity contribution in [2.75, 3.05) is 0 Å². The van der Waals surface area contributed by atoms with Gasteiger partial charge in [0.05, 0.1) is 11.4 Å². The molecular formula is C15H13ClN4. The summed E-state index contributed by atoms with van der Waals surface area (Å²) in [6.07, 6.45) is 5.08. The maximum atomic E-state index is 6.14. The van der Waals surface area contributed by atoms with Crippen molar-refractivity contribution in [2.45, 2.75) is 13.8 Å². The highest BCUT2D eigenvalue weighted by Gasteiger charge is 2.11. The average molecular weight is 285 g/mol. The topological polar surface area (TPSA) is 43.6 Å². The molecule has 2 heterocycles. The van der Waals surface area contributed by atoms with Crippen LogP contribution in [0.2, 0.25) is 5.02 Å². The zero-order valence-electron chi connectivity index (χ0n) is 11.2. The van der Waals surface area contributed by atoms with Crippen LogP contribution in [0.1, 0.15) is 11.4 Å². The maximum absolute atomic E-state index is 6.14. The monoisotopic (exact) mass is 284 g/mol. The first-order valence-corrected chi connectivity index (χ1v) is 6.61. The average Bonchev–Trinajstić information content (AvgIpc) is 2.78. The van der Waals surface area contributed by atoms with Crippen LogP contribution in [-0.4, -0.2) is 19.7 Å². The third-order valence-electron chi connectivity index (χ3n) is 3.07. The Morgan fingerprint density at radius 2 is 1.80 bits per heavy atom. The van der Waals surface area contributed by atoms with Crippen LogP contribution in [0.5, 0.6) is 0 Å². The highest BCUT2D eigenvalue weighted by atomic mass is 35.5. The number of rotatable bonds is 2. The zero-order chi connectivity index (χ0) is 14.1. The lowest BCUT2D eigenvalue weighted by Gasteiger charge is -2.11. The SMILES string of the molecule is Cc1cc(C)n(-c2cc(Cl)ccc2-c2cncnc2)n1. The number of hydrogen-bond acceptors (Lipinski definition) is 3. The van der Waals surface area contributed by atoms with E-state index in [1.807, 2.05) is 42.8 Å². The van der Waals surface area contributed by atoms with Gasteiger partial charge < -0.3 is 0 Å². The molecule has 0 amide bonds. The summed E-state index contributed by atoms with van der Waals surface area (Å²) in [6.45, 7) is 3.99. The van der Waals surface area contributed by atoms with Gasteiger partial charge in [-0.3, -0.25) is 0 Å². The third kappa shape index (κ3) is 2.30. The van der Waals surface area contributed by atoms with Crippen LogP contribution in [0, 0.1) is 13.8 Å². The Kier molecular flexibility index (Phi) is 3.24. The van der Waals surface area contributed by atoms with E-state index in [1.54, 1.807) is 12.4 Å². The largest absolute Gasteiger partial charge is 0.244 e. The van der Waals surface area contributed by atoms with Gasteiger partial charge in [-0.15, -0.1) is 0 Å². The summed E-state index contributed by atoms with van der Waals surface area (Å²) in [5, 5.41) is 5.20. The van der Waals surface area contributed by atoms with Gasteiger partial charge in [0, 0.05) is 34.2 Å². The molecule has 0 fully saturated rings. The van der Waals surface area contributed by atoms with Crippen molar-refractivity contribution in [1.82, 2.24) is 19.7 Å². The molecule has 4 nitrogen and oxygen atoms in total. The number of nitrogens with zero attached hydrogens (tertiary/aromatic N) is 4. The smallest absolute Gasteiger partial charge is 0.115 e. The molecule has 3 rings (SSSR count). The van der Waals surface area contributed by atoms with E-state index in [0.29, 0.717) is 5.02 Å². The van der Waals surface area contributed by atoms with Gasteiger partial charge >= 0.3 is 0 Å². The second kappa shape index (κ2) is 5.06. The van der Waals surface area contributed by atoms with Gasteiger partial charge in [-0.25, -0.2) is 14.6 Å². The molecule has 100 valence electrons. The highest BCUT2D eigenvalue weighted by Crippen LogP contribution is 2.29. The standard InChI is InChI=1S/C15H13ClN4/c1-10-5-11(2)20(19-10)15-6-13(16)3-4-14(15)12-7-17-9-18-8-12/h3-9H,1-2H3. The number of benzene rings is 1. The summed E-state index contributed by atoms with van der Waals surface area (Å²) in [4.78, 5) is 8.14. The van der Waals surface area contributed by atoms with Crippen LogP contribution in [-0.2, 0) is 0 Å². The molecule has 0 N–H and O–H groups in total. The van der Waals surface area contributed by atoms with Gasteiger partial charge in [-0.2, -0.15) is 5.10 Å². The van der Waals surface area contributed by atoms with E-state index < -0.39 is 0 Å². The van der Waals surface area contributed by atoms with E-state index in [1.165, 1.54) is 6.33 Å². The van der Waals surface area contributed by atoms with E-state index in [-0.39, 0.29) is 0 Å². The Morgan fingerprint density at radius 3 is 2.45 bits per heavy atom. The van der Waals surface area contributed by atoms with Gasteiger partial charge in [-0.05, 0) is 32.0 Å². The molecule has 0 atom stereocenters. The van der Waals surface area contributed by atoms with Crippen LogP contribution in [0.4, 0.5) is 0 Å². The summed E-state index contributed by atoms with van der Waals surface area (Å²) in [5.74, 6) is 0. The Morgan fingerprint density at radius 1 is 1.05 bits per heavy atom. The fraction of sp³-hybridized carbons (Fsp3) is 0.133. The third-order valence-corrected chi connectivity index (χ3v) is 3.30. The van der Waals surface area contributed by atoms with E-state index in [2.05, 4.69) is 15.1 Å². The Balaban J connectivity index is 2.25. The molecule has 2 aromatic heterocycles. The van der Waals surface area contributed by atoms with Crippen molar-refractivity contribution < 1.29 is 0 Å². The fourth-order valence-corrected chi connectivity index (χ4v) is 2.40.